The van der Waals surface area contributed by atoms with Gasteiger partial charge in [0, 0.05) is 21.2 Å². The van der Waals surface area contributed by atoms with E-state index in [1.165, 1.54) is 15.1 Å². The molecule has 2 aromatic heterocycles. The van der Waals surface area contributed by atoms with Crippen molar-refractivity contribution >= 4 is 22.3 Å². The Labute approximate surface area is 129 Å². The van der Waals surface area contributed by atoms with E-state index in [0.717, 1.165) is 17.8 Å². The summed E-state index contributed by atoms with van der Waals surface area (Å²) in [6.45, 7) is 6.55. The van der Waals surface area contributed by atoms with Crippen LogP contribution < -0.4 is 5.32 Å². The summed E-state index contributed by atoms with van der Waals surface area (Å²) >= 11 is 1.88. The monoisotopic (exact) mass is 299 g/mol. The van der Waals surface area contributed by atoms with Crippen LogP contribution in [0.25, 0.3) is 11.0 Å². The number of hydrogen-bond donors (Lipinski definition) is 1. The fourth-order valence-electron chi connectivity index (χ4n) is 2.68. The molecule has 21 heavy (non-hydrogen) atoms. The normalized spacial score (nSPS) is 14.4. The number of nitrogens with one attached hydrogen (secondary N) is 1. The first-order valence-electron chi connectivity index (χ1n) is 7.41. The molecule has 0 fully saturated rings. The van der Waals surface area contributed by atoms with Crippen LogP contribution >= 0.6 is 11.3 Å². The first-order chi connectivity index (χ1) is 10.1. The lowest BCUT2D eigenvalue weighted by Gasteiger charge is -2.17. The zero-order valence-electron chi connectivity index (χ0n) is 12.7. The van der Waals surface area contributed by atoms with Crippen LogP contribution in [0.15, 0.2) is 46.9 Å². The third-order valence-electron chi connectivity index (χ3n) is 3.71. The van der Waals surface area contributed by atoms with E-state index in [-0.39, 0.29) is 6.04 Å². The zero-order valence-corrected chi connectivity index (χ0v) is 13.5. The van der Waals surface area contributed by atoms with Crippen LogP contribution in [0, 0.1) is 6.92 Å². The highest BCUT2D eigenvalue weighted by molar-refractivity contribution is 7.11. The first kappa shape index (κ1) is 14.4. The quantitative estimate of drug-likeness (QED) is 0.710. The Kier molecular flexibility index (Phi) is 4.13. The van der Waals surface area contributed by atoms with Crippen LogP contribution in [0.1, 0.15) is 35.4 Å². The molecule has 0 radical (unpaired) electrons. The minimum Gasteiger partial charge on any atom is -0.459 e. The molecule has 0 bridgehead atoms. The molecule has 0 amide bonds. The Balaban J connectivity index is 1.66. The minimum atomic E-state index is 0.216. The van der Waals surface area contributed by atoms with E-state index in [1.54, 1.807) is 0 Å². The van der Waals surface area contributed by atoms with Gasteiger partial charge in [0.05, 0.1) is 6.04 Å². The summed E-state index contributed by atoms with van der Waals surface area (Å²) in [6, 6.07) is 15.3. The summed E-state index contributed by atoms with van der Waals surface area (Å²) in [5.74, 6) is 1.01. The lowest BCUT2D eigenvalue weighted by Crippen LogP contribution is -2.30. The standard InChI is InChI=1S/C18H21NOS/c1-12(10-16-9-8-13(2)21-16)19-14(3)18-11-15-6-4-5-7-17(15)20-18/h4-9,11-12,14,19H,10H2,1-3H3. The summed E-state index contributed by atoms with van der Waals surface area (Å²) < 4.78 is 5.93. The highest BCUT2D eigenvalue weighted by Gasteiger charge is 2.14. The molecule has 3 heteroatoms. The Morgan fingerprint density at radius 3 is 2.67 bits per heavy atom. The van der Waals surface area contributed by atoms with Gasteiger partial charge in [0.15, 0.2) is 0 Å². The molecule has 110 valence electrons. The predicted molar refractivity (Wildman–Crippen MR) is 90.0 cm³/mol. The number of hydrogen-bond acceptors (Lipinski definition) is 3. The number of fused-ring (bicyclic) bond motifs is 1. The molecule has 0 spiro atoms. The number of benzene rings is 1. The van der Waals surface area contributed by atoms with Gasteiger partial charge >= 0.3 is 0 Å². The molecule has 1 N–H and O–H groups in total. The molecule has 0 aliphatic rings. The van der Waals surface area contributed by atoms with Gasteiger partial charge in [-0.25, -0.2) is 0 Å². The first-order valence-corrected chi connectivity index (χ1v) is 8.23. The number of rotatable bonds is 5. The van der Waals surface area contributed by atoms with Crippen LogP contribution in [-0.4, -0.2) is 6.04 Å². The molecule has 3 rings (SSSR count). The molecule has 1 aromatic carbocycles. The van der Waals surface area contributed by atoms with Gasteiger partial charge in [-0.2, -0.15) is 0 Å². The van der Waals surface area contributed by atoms with E-state index < -0.39 is 0 Å². The van der Waals surface area contributed by atoms with E-state index in [2.05, 4.69) is 50.4 Å². The molecule has 0 aliphatic heterocycles. The zero-order chi connectivity index (χ0) is 14.8. The summed E-state index contributed by atoms with van der Waals surface area (Å²) in [5, 5.41) is 4.80. The Bertz CT molecular complexity index is 694. The second-order valence-corrected chi connectivity index (χ2v) is 7.06. The maximum Gasteiger partial charge on any atom is 0.134 e. The number of aryl methyl sites for hydroxylation is 1. The molecule has 2 unspecified atom stereocenters. The maximum absolute atomic E-state index is 5.93. The highest BCUT2D eigenvalue weighted by atomic mass is 32.1. The molecule has 2 nitrogen and oxygen atoms in total. The van der Waals surface area contributed by atoms with Gasteiger partial charge in [0.1, 0.15) is 11.3 Å². The van der Waals surface area contributed by atoms with Crippen LogP contribution in [-0.2, 0) is 6.42 Å². The van der Waals surface area contributed by atoms with Gasteiger partial charge in [-0.05, 0) is 51.5 Å². The van der Waals surface area contributed by atoms with Gasteiger partial charge in [0.25, 0.3) is 0 Å². The van der Waals surface area contributed by atoms with Gasteiger partial charge in [-0.15, -0.1) is 11.3 Å². The van der Waals surface area contributed by atoms with Gasteiger partial charge in [-0.1, -0.05) is 18.2 Å². The fourth-order valence-corrected chi connectivity index (χ4v) is 3.70. The second-order valence-electron chi connectivity index (χ2n) is 5.69. The molecular formula is C18H21NOS. The Hall–Kier alpha value is -1.58. The summed E-state index contributed by atoms with van der Waals surface area (Å²) in [5.41, 5.74) is 0.961. The van der Waals surface area contributed by atoms with E-state index >= 15 is 0 Å². The lowest BCUT2D eigenvalue weighted by molar-refractivity contribution is 0.411. The second kappa shape index (κ2) is 6.04. The van der Waals surface area contributed by atoms with Crippen LogP contribution in [0.5, 0.6) is 0 Å². The summed E-state index contributed by atoms with van der Waals surface area (Å²) in [6.07, 6.45) is 1.06. The summed E-state index contributed by atoms with van der Waals surface area (Å²) in [7, 11) is 0. The van der Waals surface area contributed by atoms with Gasteiger partial charge < -0.3 is 9.73 Å². The molecular weight excluding hydrogens is 278 g/mol. The summed E-state index contributed by atoms with van der Waals surface area (Å²) in [4.78, 5) is 2.81. The predicted octanol–water partition coefficient (Wildman–Crippen LogP) is 5.08. The van der Waals surface area contributed by atoms with Crippen LogP contribution in [0.2, 0.25) is 0 Å². The highest BCUT2D eigenvalue weighted by Crippen LogP contribution is 2.24. The smallest absolute Gasteiger partial charge is 0.134 e. The van der Waals surface area contributed by atoms with Crippen molar-refractivity contribution in [3.8, 4) is 0 Å². The Morgan fingerprint density at radius 2 is 1.95 bits per heavy atom. The number of thiophene rings is 1. The van der Waals surface area contributed by atoms with E-state index in [9.17, 15) is 0 Å². The van der Waals surface area contributed by atoms with E-state index in [4.69, 9.17) is 4.42 Å². The molecule has 0 saturated heterocycles. The van der Waals surface area contributed by atoms with Crippen LogP contribution in [0.3, 0.4) is 0 Å². The number of furan rings is 1. The molecule has 3 aromatic rings. The Morgan fingerprint density at radius 1 is 1.14 bits per heavy atom. The third kappa shape index (κ3) is 3.36. The largest absolute Gasteiger partial charge is 0.459 e. The van der Waals surface area contributed by atoms with Crippen LogP contribution in [0.4, 0.5) is 0 Å². The van der Waals surface area contributed by atoms with Gasteiger partial charge in [-0.3, -0.25) is 0 Å². The molecule has 0 aliphatic carbocycles. The van der Waals surface area contributed by atoms with E-state index in [0.29, 0.717) is 6.04 Å². The number of para-hydroxylation sites is 1. The molecule has 0 saturated carbocycles. The average molecular weight is 299 g/mol. The van der Waals surface area contributed by atoms with Gasteiger partial charge in [0.2, 0.25) is 0 Å². The van der Waals surface area contributed by atoms with Crippen molar-refractivity contribution in [1.29, 1.82) is 0 Å². The SMILES string of the molecule is Cc1ccc(CC(C)NC(C)c2cc3ccccc3o2)s1. The van der Waals surface area contributed by atoms with Crippen molar-refractivity contribution < 1.29 is 4.42 Å². The van der Waals surface area contributed by atoms with Crippen molar-refractivity contribution in [2.75, 3.05) is 0 Å². The van der Waals surface area contributed by atoms with Crippen molar-refractivity contribution in [2.45, 2.75) is 39.3 Å². The average Bonchev–Trinajstić information content (AvgIpc) is 3.04. The van der Waals surface area contributed by atoms with E-state index in [1.807, 2.05) is 29.5 Å². The third-order valence-corrected chi connectivity index (χ3v) is 4.73. The topological polar surface area (TPSA) is 25.2 Å². The van der Waals surface area contributed by atoms with Crippen molar-refractivity contribution in [3.63, 3.8) is 0 Å². The van der Waals surface area contributed by atoms with Crippen molar-refractivity contribution in [2.24, 2.45) is 0 Å². The fraction of sp³-hybridized carbons (Fsp3) is 0.333. The lowest BCUT2D eigenvalue weighted by atomic mass is 10.1. The molecule has 2 atom stereocenters. The van der Waals surface area contributed by atoms with Crippen molar-refractivity contribution in [1.82, 2.24) is 5.32 Å². The maximum atomic E-state index is 5.93. The molecule has 2 heterocycles. The van der Waals surface area contributed by atoms with Crippen molar-refractivity contribution in [3.05, 3.63) is 58.0 Å². The minimum absolute atomic E-state index is 0.216.